The fourth-order valence-corrected chi connectivity index (χ4v) is 1.99. The minimum atomic E-state index is -0.478. The fourth-order valence-electron chi connectivity index (χ4n) is 1.50. The van der Waals surface area contributed by atoms with Crippen molar-refractivity contribution in [3.05, 3.63) is 57.8 Å². The molecule has 0 saturated carbocycles. The Morgan fingerprint density at radius 3 is 2.47 bits per heavy atom. The summed E-state index contributed by atoms with van der Waals surface area (Å²) in [6, 6.07) is 8.23. The Kier molecular flexibility index (Phi) is 3.93. The van der Waals surface area contributed by atoms with Gasteiger partial charge in [-0.2, -0.15) is 0 Å². The zero-order chi connectivity index (χ0) is 14.0. The molecule has 2 rings (SSSR count). The standard InChI is InChI=1S/C13H9Cl2FN2O/c14-10-6-8(17)2-3-9(10)13(19)18-12-4-1-7(16)5-11(12)15/h1-6H,17H2,(H,18,19). The average molecular weight is 299 g/mol. The lowest BCUT2D eigenvalue weighted by molar-refractivity contribution is 0.102. The van der Waals surface area contributed by atoms with Crippen LogP contribution in [0, 0.1) is 5.82 Å². The van der Waals surface area contributed by atoms with Crippen molar-refractivity contribution in [3.63, 3.8) is 0 Å². The highest BCUT2D eigenvalue weighted by molar-refractivity contribution is 6.36. The van der Waals surface area contributed by atoms with Gasteiger partial charge in [0.25, 0.3) is 5.91 Å². The van der Waals surface area contributed by atoms with Crippen LogP contribution in [-0.4, -0.2) is 5.91 Å². The van der Waals surface area contributed by atoms with E-state index in [0.29, 0.717) is 11.4 Å². The number of benzene rings is 2. The van der Waals surface area contributed by atoms with Gasteiger partial charge >= 0.3 is 0 Å². The van der Waals surface area contributed by atoms with Crippen LogP contribution in [0.15, 0.2) is 36.4 Å². The predicted molar refractivity (Wildman–Crippen MR) is 75.2 cm³/mol. The minimum absolute atomic E-state index is 0.111. The summed E-state index contributed by atoms with van der Waals surface area (Å²) < 4.78 is 12.9. The highest BCUT2D eigenvalue weighted by Gasteiger charge is 2.12. The van der Waals surface area contributed by atoms with E-state index in [2.05, 4.69) is 5.32 Å². The Labute approximate surface area is 119 Å². The molecule has 0 aromatic heterocycles. The number of anilines is 2. The van der Waals surface area contributed by atoms with Gasteiger partial charge in [0.1, 0.15) is 5.82 Å². The number of nitrogen functional groups attached to an aromatic ring is 1. The van der Waals surface area contributed by atoms with E-state index in [1.807, 2.05) is 0 Å². The van der Waals surface area contributed by atoms with E-state index < -0.39 is 11.7 Å². The van der Waals surface area contributed by atoms with Crippen LogP contribution < -0.4 is 11.1 Å². The van der Waals surface area contributed by atoms with Crippen molar-refractivity contribution in [2.45, 2.75) is 0 Å². The third-order valence-corrected chi connectivity index (χ3v) is 3.04. The maximum atomic E-state index is 12.9. The second kappa shape index (κ2) is 5.47. The monoisotopic (exact) mass is 298 g/mol. The molecule has 19 heavy (non-hydrogen) atoms. The molecule has 0 aliphatic carbocycles. The number of amides is 1. The van der Waals surface area contributed by atoms with E-state index in [-0.39, 0.29) is 15.6 Å². The SMILES string of the molecule is Nc1ccc(C(=O)Nc2ccc(F)cc2Cl)c(Cl)c1. The second-order valence-electron chi connectivity index (χ2n) is 3.82. The second-order valence-corrected chi connectivity index (χ2v) is 4.63. The lowest BCUT2D eigenvalue weighted by Gasteiger charge is -2.08. The first-order valence-corrected chi connectivity index (χ1v) is 6.04. The topological polar surface area (TPSA) is 55.1 Å². The molecule has 1 amide bonds. The van der Waals surface area contributed by atoms with Crippen LogP contribution in [0.2, 0.25) is 10.0 Å². The first kappa shape index (κ1) is 13.6. The molecule has 3 N–H and O–H groups in total. The van der Waals surface area contributed by atoms with Gasteiger partial charge in [-0.3, -0.25) is 4.79 Å². The lowest BCUT2D eigenvalue weighted by Crippen LogP contribution is -2.13. The first-order valence-electron chi connectivity index (χ1n) is 5.29. The molecule has 0 unspecified atom stereocenters. The molecule has 98 valence electrons. The zero-order valence-corrected chi connectivity index (χ0v) is 11.1. The molecule has 6 heteroatoms. The number of carbonyl (C=O) groups is 1. The minimum Gasteiger partial charge on any atom is -0.399 e. The van der Waals surface area contributed by atoms with E-state index in [0.717, 1.165) is 6.07 Å². The number of hydrogen-bond donors (Lipinski definition) is 2. The number of hydrogen-bond acceptors (Lipinski definition) is 2. The highest BCUT2D eigenvalue weighted by Crippen LogP contribution is 2.25. The summed E-state index contributed by atoms with van der Waals surface area (Å²) in [5.41, 5.74) is 6.57. The Bertz CT molecular complexity index is 647. The molecule has 0 aliphatic heterocycles. The smallest absolute Gasteiger partial charge is 0.257 e. The Morgan fingerprint density at radius 2 is 1.84 bits per heavy atom. The maximum absolute atomic E-state index is 12.9. The lowest BCUT2D eigenvalue weighted by atomic mass is 10.2. The predicted octanol–water partition coefficient (Wildman–Crippen LogP) is 3.97. The average Bonchev–Trinajstić information content (AvgIpc) is 2.32. The maximum Gasteiger partial charge on any atom is 0.257 e. The quantitative estimate of drug-likeness (QED) is 0.824. The Hall–Kier alpha value is -1.78. The van der Waals surface area contributed by atoms with Crippen molar-refractivity contribution < 1.29 is 9.18 Å². The summed E-state index contributed by atoms with van der Waals surface area (Å²) in [6.45, 7) is 0. The van der Waals surface area contributed by atoms with Gasteiger partial charge in [0, 0.05) is 5.69 Å². The van der Waals surface area contributed by atoms with E-state index in [9.17, 15) is 9.18 Å². The molecule has 0 spiro atoms. The van der Waals surface area contributed by atoms with Gasteiger partial charge in [-0.15, -0.1) is 0 Å². The molecule has 0 radical (unpaired) electrons. The molecule has 0 aliphatic rings. The van der Waals surface area contributed by atoms with Gasteiger partial charge in [-0.1, -0.05) is 23.2 Å². The largest absolute Gasteiger partial charge is 0.399 e. The van der Waals surface area contributed by atoms with Crippen LogP contribution in [0.1, 0.15) is 10.4 Å². The van der Waals surface area contributed by atoms with Crippen LogP contribution in [0.5, 0.6) is 0 Å². The van der Waals surface area contributed by atoms with E-state index >= 15 is 0 Å². The first-order chi connectivity index (χ1) is 8.97. The summed E-state index contributed by atoms with van der Waals surface area (Å²) in [4.78, 5) is 12.0. The van der Waals surface area contributed by atoms with Crippen molar-refractivity contribution in [1.82, 2.24) is 0 Å². The third-order valence-electron chi connectivity index (χ3n) is 2.42. The summed E-state index contributed by atoms with van der Waals surface area (Å²) in [5, 5.41) is 2.89. The molecule has 0 fully saturated rings. The van der Waals surface area contributed by atoms with Crippen molar-refractivity contribution >= 4 is 40.5 Å². The van der Waals surface area contributed by atoms with E-state index in [1.54, 1.807) is 6.07 Å². The number of rotatable bonds is 2. The van der Waals surface area contributed by atoms with E-state index in [1.165, 1.54) is 24.3 Å². The third kappa shape index (κ3) is 3.16. The van der Waals surface area contributed by atoms with E-state index in [4.69, 9.17) is 28.9 Å². The van der Waals surface area contributed by atoms with Gasteiger partial charge in [-0.05, 0) is 36.4 Å². The van der Waals surface area contributed by atoms with Gasteiger partial charge < -0.3 is 11.1 Å². The summed E-state index contributed by atoms with van der Waals surface area (Å²) >= 11 is 11.7. The normalized spacial score (nSPS) is 10.3. The van der Waals surface area contributed by atoms with Crippen molar-refractivity contribution in [2.75, 3.05) is 11.1 Å². The molecule has 2 aromatic carbocycles. The Balaban J connectivity index is 2.25. The Morgan fingerprint density at radius 1 is 1.11 bits per heavy atom. The van der Waals surface area contributed by atoms with Crippen LogP contribution >= 0.6 is 23.2 Å². The number of carbonyl (C=O) groups excluding carboxylic acids is 1. The molecule has 2 aromatic rings. The van der Waals surface area contributed by atoms with Gasteiger partial charge in [0.05, 0.1) is 21.3 Å². The summed E-state index contributed by atoms with van der Waals surface area (Å²) in [5.74, 6) is -0.924. The molecular formula is C13H9Cl2FN2O. The highest BCUT2D eigenvalue weighted by atomic mass is 35.5. The molecular weight excluding hydrogens is 290 g/mol. The van der Waals surface area contributed by atoms with Crippen LogP contribution in [-0.2, 0) is 0 Å². The van der Waals surface area contributed by atoms with Crippen LogP contribution in [0.4, 0.5) is 15.8 Å². The number of nitrogens with two attached hydrogens (primary N) is 1. The zero-order valence-electron chi connectivity index (χ0n) is 9.58. The molecule has 0 bridgehead atoms. The number of halogens is 3. The summed E-state index contributed by atoms with van der Waals surface area (Å²) in [7, 11) is 0. The fraction of sp³-hybridized carbons (Fsp3) is 0. The molecule has 0 saturated heterocycles. The number of nitrogens with one attached hydrogen (secondary N) is 1. The van der Waals surface area contributed by atoms with Gasteiger partial charge in [-0.25, -0.2) is 4.39 Å². The summed E-state index contributed by atoms with van der Waals surface area (Å²) in [6.07, 6.45) is 0. The van der Waals surface area contributed by atoms with Crippen molar-refractivity contribution in [3.8, 4) is 0 Å². The van der Waals surface area contributed by atoms with Gasteiger partial charge in [0.15, 0.2) is 0 Å². The molecule has 0 heterocycles. The van der Waals surface area contributed by atoms with Crippen LogP contribution in [0.3, 0.4) is 0 Å². The van der Waals surface area contributed by atoms with Crippen molar-refractivity contribution in [2.24, 2.45) is 0 Å². The molecule has 3 nitrogen and oxygen atoms in total. The molecule has 0 atom stereocenters. The van der Waals surface area contributed by atoms with Crippen LogP contribution in [0.25, 0.3) is 0 Å². The van der Waals surface area contributed by atoms with Crippen molar-refractivity contribution in [1.29, 1.82) is 0 Å². The van der Waals surface area contributed by atoms with Gasteiger partial charge in [0.2, 0.25) is 0 Å².